The van der Waals surface area contributed by atoms with Crippen LogP contribution in [-0.2, 0) is 4.79 Å². The second kappa shape index (κ2) is 6.02. The molecule has 7 heteroatoms. The van der Waals surface area contributed by atoms with Gasteiger partial charge in [0.25, 0.3) is 0 Å². The number of halogens is 2. The third-order valence-corrected chi connectivity index (χ3v) is 3.33. The molecule has 2 N–H and O–H groups in total. The second-order valence-corrected chi connectivity index (χ2v) is 4.62. The van der Waals surface area contributed by atoms with E-state index in [-0.39, 0.29) is 17.5 Å². The standard InChI is InChI=1S/C13H18F2N4O/c1-3-17-11-8(14)7-9(15)12(18-11)19-6-4-5-10(19)13(20)16-2/h7,10H,3-6H2,1-2H3,(H,16,20)(H,17,18). The van der Waals surface area contributed by atoms with E-state index in [0.29, 0.717) is 19.5 Å². The van der Waals surface area contributed by atoms with Crippen molar-refractivity contribution in [1.29, 1.82) is 0 Å². The molecule has 1 atom stereocenters. The summed E-state index contributed by atoms with van der Waals surface area (Å²) in [4.78, 5) is 17.4. The van der Waals surface area contributed by atoms with Crippen LogP contribution in [-0.4, -0.2) is 37.1 Å². The Bertz CT molecular complexity index is 509. The maximum Gasteiger partial charge on any atom is 0.242 e. The first kappa shape index (κ1) is 14.5. The summed E-state index contributed by atoms with van der Waals surface area (Å²) in [6.07, 6.45) is 1.40. The molecule has 2 rings (SSSR count). The molecule has 1 aliphatic rings. The van der Waals surface area contributed by atoms with Crippen LogP contribution in [0.4, 0.5) is 20.4 Å². The minimum Gasteiger partial charge on any atom is -0.368 e. The highest BCUT2D eigenvalue weighted by atomic mass is 19.1. The highest BCUT2D eigenvalue weighted by Gasteiger charge is 2.33. The molecule has 1 unspecified atom stereocenters. The summed E-state index contributed by atoms with van der Waals surface area (Å²) in [6, 6.07) is 0.349. The number of aromatic nitrogens is 1. The highest BCUT2D eigenvalue weighted by molar-refractivity contribution is 5.85. The topological polar surface area (TPSA) is 57.3 Å². The number of carbonyl (C=O) groups excluding carboxylic acids is 1. The van der Waals surface area contributed by atoms with Crippen molar-refractivity contribution in [3.63, 3.8) is 0 Å². The maximum absolute atomic E-state index is 14.0. The van der Waals surface area contributed by atoms with Crippen LogP contribution in [0, 0.1) is 11.6 Å². The molecule has 1 saturated heterocycles. The molecule has 2 heterocycles. The number of anilines is 2. The fourth-order valence-corrected chi connectivity index (χ4v) is 2.41. The molecule has 0 aliphatic carbocycles. The molecule has 5 nitrogen and oxygen atoms in total. The van der Waals surface area contributed by atoms with Gasteiger partial charge in [-0.05, 0) is 19.8 Å². The summed E-state index contributed by atoms with van der Waals surface area (Å²) in [5.41, 5.74) is 0. The zero-order valence-corrected chi connectivity index (χ0v) is 11.5. The summed E-state index contributed by atoms with van der Waals surface area (Å²) in [5, 5.41) is 5.30. The lowest BCUT2D eigenvalue weighted by Crippen LogP contribution is -2.42. The minimum absolute atomic E-state index is 0.00598. The largest absolute Gasteiger partial charge is 0.368 e. The first-order valence-electron chi connectivity index (χ1n) is 6.66. The number of hydrogen-bond acceptors (Lipinski definition) is 4. The van der Waals surface area contributed by atoms with Gasteiger partial charge in [0.15, 0.2) is 23.3 Å². The van der Waals surface area contributed by atoms with Gasteiger partial charge < -0.3 is 15.5 Å². The molecule has 20 heavy (non-hydrogen) atoms. The van der Waals surface area contributed by atoms with Gasteiger partial charge in [0.05, 0.1) is 0 Å². The Morgan fingerprint density at radius 1 is 1.50 bits per heavy atom. The molecule has 0 spiro atoms. The molecule has 0 bridgehead atoms. The Morgan fingerprint density at radius 2 is 2.25 bits per heavy atom. The van der Waals surface area contributed by atoms with E-state index in [1.165, 1.54) is 7.05 Å². The number of hydrogen-bond donors (Lipinski definition) is 2. The third-order valence-electron chi connectivity index (χ3n) is 3.33. The lowest BCUT2D eigenvalue weighted by molar-refractivity contribution is -0.121. The van der Waals surface area contributed by atoms with E-state index < -0.39 is 17.7 Å². The SMILES string of the molecule is CCNc1nc(N2CCCC2C(=O)NC)c(F)cc1F. The molecule has 1 aromatic heterocycles. The van der Waals surface area contributed by atoms with Gasteiger partial charge in [-0.1, -0.05) is 0 Å². The smallest absolute Gasteiger partial charge is 0.242 e. The van der Waals surface area contributed by atoms with Gasteiger partial charge in [0, 0.05) is 26.2 Å². The fourth-order valence-electron chi connectivity index (χ4n) is 2.41. The van der Waals surface area contributed by atoms with Gasteiger partial charge in [-0.15, -0.1) is 0 Å². The van der Waals surface area contributed by atoms with Gasteiger partial charge in [0.1, 0.15) is 6.04 Å². The maximum atomic E-state index is 14.0. The molecular weight excluding hydrogens is 266 g/mol. The van der Waals surface area contributed by atoms with E-state index in [9.17, 15) is 13.6 Å². The molecule has 1 amide bonds. The van der Waals surface area contributed by atoms with Crippen molar-refractivity contribution in [2.75, 3.05) is 30.4 Å². The van der Waals surface area contributed by atoms with Crippen molar-refractivity contribution >= 4 is 17.5 Å². The lowest BCUT2D eigenvalue weighted by Gasteiger charge is -2.25. The van der Waals surface area contributed by atoms with Gasteiger partial charge in [-0.2, -0.15) is 0 Å². The molecule has 1 fully saturated rings. The quantitative estimate of drug-likeness (QED) is 0.880. The second-order valence-electron chi connectivity index (χ2n) is 4.62. The summed E-state index contributed by atoms with van der Waals surface area (Å²) in [6.45, 7) is 2.81. The highest BCUT2D eigenvalue weighted by Crippen LogP contribution is 2.28. The van der Waals surface area contributed by atoms with Crippen LogP contribution in [0.2, 0.25) is 0 Å². The van der Waals surface area contributed by atoms with E-state index in [0.717, 1.165) is 12.5 Å². The van der Waals surface area contributed by atoms with Crippen molar-refractivity contribution in [3.05, 3.63) is 17.7 Å². The predicted octanol–water partition coefficient (Wildman–Crippen LogP) is 1.51. The van der Waals surface area contributed by atoms with Gasteiger partial charge in [0.2, 0.25) is 5.91 Å². The van der Waals surface area contributed by atoms with Crippen molar-refractivity contribution in [1.82, 2.24) is 10.3 Å². The predicted molar refractivity (Wildman–Crippen MR) is 72.8 cm³/mol. The van der Waals surface area contributed by atoms with Crippen molar-refractivity contribution in [3.8, 4) is 0 Å². The Balaban J connectivity index is 2.35. The molecule has 110 valence electrons. The van der Waals surface area contributed by atoms with E-state index in [1.54, 1.807) is 11.8 Å². The molecule has 0 radical (unpaired) electrons. The van der Waals surface area contributed by atoms with Gasteiger partial charge in [-0.3, -0.25) is 4.79 Å². The van der Waals surface area contributed by atoms with Gasteiger partial charge >= 0.3 is 0 Å². The van der Waals surface area contributed by atoms with Crippen molar-refractivity contribution in [2.24, 2.45) is 0 Å². The monoisotopic (exact) mass is 284 g/mol. The molecule has 1 aliphatic heterocycles. The Labute approximate surface area is 116 Å². The Hall–Kier alpha value is -1.92. The molecule has 0 aromatic carbocycles. The van der Waals surface area contributed by atoms with Crippen LogP contribution in [0.3, 0.4) is 0 Å². The lowest BCUT2D eigenvalue weighted by atomic mass is 10.2. The minimum atomic E-state index is -0.750. The molecular formula is C13H18F2N4O. The van der Waals surface area contributed by atoms with Crippen molar-refractivity contribution < 1.29 is 13.6 Å². The Morgan fingerprint density at radius 3 is 2.90 bits per heavy atom. The third kappa shape index (κ3) is 2.66. The van der Waals surface area contributed by atoms with Crippen LogP contribution >= 0.6 is 0 Å². The average Bonchev–Trinajstić information content (AvgIpc) is 2.90. The summed E-state index contributed by atoms with van der Waals surface area (Å²) in [5.74, 6) is -1.64. The van der Waals surface area contributed by atoms with E-state index in [2.05, 4.69) is 15.6 Å². The van der Waals surface area contributed by atoms with E-state index in [4.69, 9.17) is 0 Å². The number of rotatable bonds is 4. The molecule has 0 saturated carbocycles. The van der Waals surface area contributed by atoms with Gasteiger partial charge in [-0.25, -0.2) is 13.8 Å². The summed E-state index contributed by atoms with van der Waals surface area (Å²) < 4.78 is 27.5. The van der Waals surface area contributed by atoms with Crippen LogP contribution in [0.15, 0.2) is 6.07 Å². The van der Waals surface area contributed by atoms with Crippen molar-refractivity contribution in [2.45, 2.75) is 25.8 Å². The number of nitrogens with one attached hydrogen (secondary N) is 2. The number of nitrogens with zero attached hydrogens (tertiary/aromatic N) is 2. The number of likely N-dealkylation sites (N-methyl/N-ethyl adjacent to an activating group) is 1. The molecule has 1 aromatic rings. The summed E-state index contributed by atoms with van der Waals surface area (Å²) in [7, 11) is 1.54. The first-order valence-corrected chi connectivity index (χ1v) is 6.66. The van der Waals surface area contributed by atoms with Crippen LogP contribution in [0.25, 0.3) is 0 Å². The van der Waals surface area contributed by atoms with E-state index >= 15 is 0 Å². The van der Waals surface area contributed by atoms with Crippen LogP contribution in [0.5, 0.6) is 0 Å². The zero-order chi connectivity index (χ0) is 14.7. The Kier molecular flexibility index (Phi) is 4.36. The fraction of sp³-hybridized carbons (Fsp3) is 0.538. The first-order chi connectivity index (χ1) is 9.58. The normalized spacial score (nSPS) is 18.2. The van der Waals surface area contributed by atoms with Crippen LogP contribution in [0.1, 0.15) is 19.8 Å². The average molecular weight is 284 g/mol. The van der Waals surface area contributed by atoms with Crippen LogP contribution < -0.4 is 15.5 Å². The number of pyridine rings is 1. The number of carbonyl (C=O) groups is 1. The number of amides is 1. The summed E-state index contributed by atoms with van der Waals surface area (Å²) >= 11 is 0. The van der Waals surface area contributed by atoms with E-state index in [1.807, 2.05) is 0 Å². The zero-order valence-electron chi connectivity index (χ0n) is 11.5.